The third-order valence-electron chi connectivity index (χ3n) is 5.95. The standard InChI is InChI=1S/C28H18Cl2F3N5O2/c1-15-8-10-17(11-9-15)35-26(39)19-13-16-5-2-3-6-18(16)23(30)24(19)36-27(40)21-14-22(28(31,32)33)37-38(21)25-20(29)7-4-12-34-25/h2-14H,1H3,(H,35,39)(H,36,40). The first-order valence-electron chi connectivity index (χ1n) is 11.7. The SMILES string of the molecule is Cc1ccc(NC(=O)c2cc3ccccc3c(Cl)c2NC(=O)c2cc(C(F)(F)F)nn2-c2ncccc2Cl)cc1. The summed E-state index contributed by atoms with van der Waals surface area (Å²) < 4.78 is 41.5. The first-order chi connectivity index (χ1) is 19.0. The molecule has 0 spiro atoms. The summed E-state index contributed by atoms with van der Waals surface area (Å²) in [5.74, 6) is -1.80. The van der Waals surface area contributed by atoms with Crippen molar-refractivity contribution in [3.63, 3.8) is 0 Å². The number of carbonyl (C=O) groups is 2. The van der Waals surface area contributed by atoms with Gasteiger partial charge in [0.25, 0.3) is 11.8 Å². The maximum atomic E-state index is 13.6. The molecule has 2 amide bonds. The van der Waals surface area contributed by atoms with Crippen molar-refractivity contribution in [1.29, 1.82) is 0 Å². The zero-order chi connectivity index (χ0) is 28.6. The highest BCUT2D eigenvalue weighted by Crippen LogP contribution is 2.36. The van der Waals surface area contributed by atoms with Crippen LogP contribution in [-0.4, -0.2) is 26.6 Å². The van der Waals surface area contributed by atoms with Crippen LogP contribution in [0.1, 0.15) is 32.1 Å². The van der Waals surface area contributed by atoms with Crippen molar-refractivity contribution in [2.45, 2.75) is 13.1 Å². The molecule has 7 nitrogen and oxygen atoms in total. The lowest BCUT2D eigenvalue weighted by molar-refractivity contribution is -0.141. The van der Waals surface area contributed by atoms with Crippen LogP contribution >= 0.6 is 23.2 Å². The third-order valence-corrected chi connectivity index (χ3v) is 6.64. The first kappa shape index (κ1) is 27.2. The van der Waals surface area contributed by atoms with E-state index in [1.165, 1.54) is 24.4 Å². The van der Waals surface area contributed by atoms with E-state index in [0.29, 0.717) is 27.2 Å². The van der Waals surface area contributed by atoms with Gasteiger partial charge in [0.2, 0.25) is 0 Å². The van der Waals surface area contributed by atoms with E-state index >= 15 is 0 Å². The van der Waals surface area contributed by atoms with Gasteiger partial charge in [-0.2, -0.15) is 18.3 Å². The number of hydrogen-bond donors (Lipinski definition) is 2. The summed E-state index contributed by atoms with van der Waals surface area (Å²) in [6.45, 7) is 1.90. The van der Waals surface area contributed by atoms with Gasteiger partial charge in [-0.25, -0.2) is 9.67 Å². The summed E-state index contributed by atoms with van der Waals surface area (Å²) in [4.78, 5) is 30.9. The first-order valence-corrected chi connectivity index (χ1v) is 12.5. The highest BCUT2D eigenvalue weighted by atomic mass is 35.5. The second kappa shape index (κ2) is 10.6. The highest BCUT2D eigenvalue weighted by Gasteiger charge is 2.37. The zero-order valence-electron chi connectivity index (χ0n) is 20.6. The lowest BCUT2D eigenvalue weighted by Crippen LogP contribution is -2.21. The Kier molecular flexibility index (Phi) is 7.22. The predicted octanol–water partition coefficient (Wildman–Crippen LogP) is 7.56. The molecule has 2 heterocycles. The van der Waals surface area contributed by atoms with Gasteiger partial charge in [-0.1, -0.05) is 65.2 Å². The van der Waals surface area contributed by atoms with Gasteiger partial charge in [-0.15, -0.1) is 0 Å². The number of nitrogens with one attached hydrogen (secondary N) is 2. The van der Waals surface area contributed by atoms with Crippen molar-refractivity contribution in [2.24, 2.45) is 0 Å². The molecule has 12 heteroatoms. The summed E-state index contributed by atoms with van der Waals surface area (Å²) in [6, 6.07) is 18.9. The Labute approximate surface area is 235 Å². The number of hydrogen-bond acceptors (Lipinski definition) is 4. The van der Waals surface area contributed by atoms with E-state index in [9.17, 15) is 22.8 Å². The number of halogens is 5. The Balaban J connectivity index is 1.61. The summed E-state index contributed by atoms with van der Waals surface area (Å²) >= 11 is 12.8. The maximum absolute atomic E-state index is 13.6. The molecule has 0 saturated carbocycles. The largest absolute Gasteiger partial charge is 0.435 e. The lowest BCUT2D eigenvalue weighted by atomic mass is 10.0. The molecule has 0 atom stereocenters. The molecule has 5 rings (SSSR count). The molecule has 3 aromatic carbocycles. The number of alkyl halides is 3. The summed E-state index contributed by atoms with van der Waals surface area (Å²) in [7, 11) is 0. The highest BCUT2D eigenvalue weighted by molar-refractivity contribution is 6.40. The molecule has 2 aromatic heterocycles. The number of nitrogens with zero attached hydrogens (tertiary/aromatic N) is 3. The molecule has 5 aromatic rings. The quantitative estimate of drug-likeness (QED) is 0.223. The van der Waals surface area contributed by atoms with Gasteiger partial charge in [-0.3, -0.25) is 9.59 Å². The van der Waals surface area contributed by atoms with Crippen molar-refractivity contribution in [3.8, 4) is 5.82 Å². The van der Waals surface area contributed by atoms with Gasteiger partial charge in [0.05, 0.1) is 21.3 Å². The van der Waals surface area contributed by atoms with Crippen LogP contribution in [0.5, 0.6) is 0 Å². The van der Waals surface area contributed by atoms with Gasteiger partial charge in [-0.05, 0) is 42.6 Å². The van der Waals surface area contributed by atoms with Crippen molar-refractivity contribution in [3.05, 3.63) is 112 Å². The van der Waals surface area contributed by atoms with E-state index in [4.69, 9.17) is 23.2 Å². The predicted molar refractivity (Wildman–Crippen MR) is 147 cm³/mol. The van der Waals surface area contributed by atoms with Gasteiger partial charge in [0.15, 0.2) is 11.5 Å². The number of anilines is 2. The van der Waals surface area contributed by atoms with Crippen LogP contribution in [-0.2, 0) is 6.18 Å². The number of aryl methyl sites for hydroxylation is 1. The second-order valence-electron chi connectivity index (χ2n) is 8.74. The Morgan fingerprint density at radius 3 is 2.33 bits per heavy atom. The molecule has 0 bridgehead atoms. The minimum atomic E-state index is -4.86. The monoisotopic (exact) mass is 583 g/mol. The number of amides is 2. The molecule has 0 aliphatic heterocycles. The molecule has 0 unspecified atom stereocenters. The normalized spacial score (nSPS) is 11.4. The van der Waals surface area contributed by atoms with E-state index in [-0.39, 0.29) is 27.1 Å². The molecule has 0 fully saturated rings. The van der Waals surface area contributed by atoms with Crippen LogP contribution in [0, 0.1) is 6.92 Å². The topological polar surface area (TPSA) is 88.9 Å². The maximum Gasteiger partial charge on any atom is 0.435 e. The zero-order valence-corrected chi connectivity index (χ0v) is 22.1. The fourth-order valence-electron chi connectivity index (χ4n) is 3.99. The number of carbonyl (C=O) groups excluding carboxylic acids is 2. The average molecular weight is 584 g/mol. The number of fused-ring (bicyclic) bond motifs is 1. The second-order valence-corrected chi connectivity index (χ2v) is 9.53. The molecule has 0 aliphatic carbocycles. The minimum Gasteiger partial charge on any atom is -0.322 e. The van der Waals surface area contributed by atoms with Crippen LogP contribution in [0.2, 0.25) is 10.0 Å². The fraction of sp³-hybridized carbons (Fsp3) is 0.0714. The summed E-state index contributed by atoms with van der Waals surface area (Å²) in [6.07, 6.45) is -3.56. The average Bonchev–Trinajstić information content (AvgIpc) is 3.38. The van der Waals surface area contributed by atoms with Gasteiger partial charge >= 0.3 is 6.18 Å². The van der Waals surface area contributed by atoms with Crippen LogP contribution in [0.25, 0.3) is 16.6 Å². The van der Waals surface area contributed by atoms with Crippen molar-refractivity contribution >= 4 is 57.2 Å². The Morgan fingerprint density at radius 1 is 0.900 bits per heavy atom. The molecule has 0 saturated heterocycles. The number of rotatable bonds is 5. The van der Waals surface area contributed by atoms with E-state index in [0.717, 1.165) is 5.56 Å². The van der Waals surface area contributed by atoms with Gasteiger partial charge < -0.3 is 10.6 Å². The number of benzene rings is 3. The Bertz CT molecular complexity index is 1770. The lowest BCUT2D eigenvalue weighted by Gasteiger charge is -2.16. The molecule has 202 valence electrons. The Morgan fingerprint density at radius 2 is 1.62 bits per heavy atom. The molecular weight excluding hydrogens is 566 g/mol. The van der Waals surface area contributed by atoms with E-state index in [2.05, 4.69) is 20.7 Å². The van der Waals surface area contributed by atoms with Gasteiger partial charge in [0, 0.05) is 23.3 Å². The Hall–Kier alpha value is -4.41. The summed E-state index contributed by atoms with van der Waals surface area (Å²) in [5.41, 5.74) is -0.472. The van der Waals surface area contributed by atoms with Crippen LogP contribution in [0.3, 0.4) is 0 Å². The molecule has 2 N–H and O–H groups in total. The number of aromatic nitrogens is 3. The third kappa shape index (κ3) is 5.36. The van der Waals surface area contributed by atoms with Crippen LogP contribution in [0.15, 0.2) is 79.0 Å². The fourth-order valence-corrected chi connectivity index (χ4v) is 4.52. The van der Waals surface area contributed by atoms with E-state index in [1.807, 2.05) is 19.1 Å². The molecule has 40 heavy (non-hydrogen) atoms. The van der Waals surface area contributed by atoms with Crippen LogP contribution < -0.4 is 10.6 Å². The summed E-state index contributed by atoms with van der Waals surface area (Å²) in [5, 5.41) is 9.95. The van der Waals surface area contributed by atoms with Crippen LogP contribution in [0.4, 0.5) is 24.5 Å². The van der Waals surface area contributed by atoms with Crippen molar-refractivity contribution in [2.75, 3.05) is 10.6 Å². The molecular formula is C28H18Cl2F3N5O2. The number of pyridine rings is 1. The van der Waals surface area contributed by atoms with E-state index < -0.39 is 29.4 Å². The smallest absolute Gasteiger partial charge is 0.322 e. The molecule has 0 radical (unpaired) electrons. The molecule has 0 aliphatic rings. The minimum absolute atomic E-state index is 0.00407. The van der Waals surface area contributed by atoms with E-state index in [1.54, 1.807) is 36.4 Å². The van der Waals surface area contributed by atoms with Crippen molar-refractivity contribution in [1.82, 2.24) is 14.8 Å². The van der Waals surface area contributed by atoms with Gasteiger partial charge in [0.1, 0.15) is 5.69 Å². The van der Waals surface area contributed by atoms with Crippen molar-refractivity contribution < 1.29 is 22.8 Å².